The molecule has 0 spiro atoms. The maximum atomic E-state index is 12.2. The van der Waals surface area contributed by atoms with E-state index in [1.165, 1.54) is 18.2 Å². The molecular formula is C15H10F3NO. The second-order valence-corrected chi connectivity index (χ2v) is 4.29. The molecule has 0 bridgehead atoms. The molecule has 2 nitrogen and oxygen atoms in total. The van der Waals surface area contributed by atoms with Crippen molar-refractivity contribution in [1.82, 2.24) is 4.57 Å². The van der Waals surface area contributed by atoms with Crippen molar-refractivity contribution in [2.45, 2.75) is 6.36 Å². The molecular weight excluding hydrogens is 267 g/mol. The highest BCUT2D eigenvalue weighted by Crippen LogP contribution is 2.26. The molecule has 0 unspecified atom stereocenters. The summed E-state index contributed by atoms with van der Waals surface area (Å²) in [6.07, 6.45) is -2.87. The molecule has 0 radical (unpaired) electrons. The fourth-order valence-corrected chi connectivity index (χ4v) is 2.14. The van der Waals surface area contributed by atoms with Crippen LogP contribution in [0.25, 0.3) is 16.6 Å². The third kappa shape index (κ3) is 2.47. The van der Waals surface area contributed by atoms with Crippen LogP contribution in [0.2, 0.25) is 0 Å². The van der Waals surface area contributed by atoms with E-state index in [2.05, 4.69) is 4.74 Å². The van der Waals surface area contributed by atoms with Crippen LogP contribution in [0.3, 0.4) is 0 Å². The standard InChI is InChI=1S/C15H10F3NO/c16-15(17,18)20-13-6-3-5-12(10-13)19-9-8-11-4-1-2-7-14(11)19/h1-10H. The first-order chi connectivity index (χ1) is 9.53. The number of hydrogen-bond donors (Lipinski definition) is 0. The molecule has 0 N–H and O–H groups in total. The Labute approximate surface area is 113 Å². The number of hydrogen-bond acceptors (Lipinski definition) is 1. The number of aromatic nitrogens is 1. The summed E-state index contributed by atoms with van der Waals surface area (Å²) in [4.78, 5) is 0. The van der Waals surface area contributed by atoms with Crippen LogP contribution < -0.4 is 4.74 Å². The summed E-state index contributed by atoms with van der Waals surface area (Å²) in [5.74, 6) is -0.229. The van der Waals surface area contributed by atoms with E-state index in [1.54, 1.807) is 6.07 Å². The number of fused-ring (bicyclic) bond motifs is 1. The summed E-state index contributed by atoms with van der Waals surface area (Å²) in [5, 5.41) is 1.02. The van der Waals surface area contributed by atoms with Crippen LogP contribution in [0, 0.1) is 0 Å². The Morgan fingerprint density at radius 1 is 0.900 bits per heavy atom. The monoisotopic (exact) mass is 277 g/mol. The quantitative estimate of drug-likeness (QED) is 0.671. The van der Waals surface area contributed by atoms with Crippen LogP contribution in [0.15, 0.2) is 60.8 Å². The molecule has 0 aliphatic heterocycles. The van der Waals surface area contributed by atoms with E-state index >= 15 is 0 Å². The molecule has 3 aromatic rings. The molecule has 0 atom stereocenters. The second-order valence-electron chi connectivity index (χ2n) is 4.29. The third-order valence-corrected chi connectivity index (χ3v) is 2.93. The minimum Gasteiger partial charge on any atom is -0.406 e. The number of benzene rings is 2. The van der Waals surface area contributed by atoms with Crippen LogP contribution in [0.5, 0.6) is 5.75 Å². The number of alkyl halides is 3. The molecule has 0 amide bonds. The molecule has 102 valence electrons. The summed E-state index contributed by atoms with van der Waals surface area (Å²) in [5.41, 5.74) is 1.55. The number of ether oxygens (including phenoxy) is 1. The van der Waals surface area contributed by atoms with Crippen LogP contribution in [0.4, 0.5) is 13.2 Å². The Bertz CT molecular complexity index is 746. The Morgan fingerprint density at radius 3 is 2.50 bits per heavy atom. The van der Waals surface area contributed by atoms with Gasteiger partial charge in [0, 0.05) is 18.0 Å². The van der Waals surface area contributed by atoms with Gasteiger partial charge in [-0.05, 0) is 29.7 Å². The number of halogens is 3. The van der Waals surface area contributed by atoms with Gasteiger partial charge in [-0.3, -0.25) is 0 Å². The minimum atomic E-state index is -4.68. The van der Waals surface area contributed by atoms with E-state index in [4.69, 9.17) is 0 Å². The van der Waals surface area contributed by atoms with Crippen molar-refractivity contribution in [2.24, 2.45) is 0 Å². The van der Waals surface area contributed by atoms with Gasteiger partial charge < -0.3 is 9.30 Å². The van der Waals surface area contributed by atoms with Crippen LogP contribution in [-0.4, -0.2) is 10.9 Å². The highest BCUT2D eigenvalue weighted by Gasteiger charge is 2.31. The van der Waals surface area contributed by atoms with Gasteiger partial charge in [-0.15, -0.1) is 13.2 Å². The normalized spacial score (nSPS) is 11.8. The van der Waals surface area contributed by atoms with Gasteiger partial charge in [0.2, 0.25) is 0 Å². The zero-order chi connectivity index (χ0) is 14.2. The summed E-state index contributed by atoms with van der Waals surface area (Å²) in [6.45, 7) is 0. The second kappa shape index (κ2) is 4.59. The molecule has 0 fully saturated rings. The maximum Gasteiger partial charge on any atom is 0.573 e. The van der Waals surface area contributed by atoms with Gasteiger partial charge in [0.15, 0.2) is 0 Å². The van der Waals surface area contributed by atoms with Crippen molar-refractivity contribution < 1.29 is 17.9 Å². The largest absolute Gasteiger partial charge is 0.573 e. The molecule has 0 aliphatic rings. The Kier molecular flexibility index (Phi) is 2.89. The van der Waals surface area contributed by atoms with E-state index in [1.807, 2.05) is 41.1 Å². The predicted molar refractivity (Wildman–Crippen MR) is 70.0 cm³/mol. The first kappa shape index (κ1) is 12.6. The molecule has 20 heavy (non-hydrogen) atoms. The molecule has 0 saturated heterocycles. The Hall–Kier alpha value is -2.43. The van der Waals surface area contributed by atoms with Crippen molar-refractivity contribution in [3.8, 4) is 11.4 Å². The number of rotatable bonds is 2. The number of nitrogens with zero attached hydrogens (tertiary/aromatic N) is 1. The van der Waals surface area contributed by atoms with Crippen molar-refractivity contribution >= 4 is 10.9 Å². The van der Waals surface area contributed by atoms with E-state index in [0.717, 1.165) is 10.9 Å². The Balaban J connectivity index is 2.04. The van der Waals surface area contributed by atoms with Crippen LogP contribution in [0.1, 0.15) is 0 Å². The topological polar surface area (TPSA) is 14.2 Å². The van der Waals surface area contributed by atoms with Crippen LogP contribution >= 0.6 is 0 Å². The molecule has 0 saturated carbocycles. The van der Waals surface area contributed by atoms with Gasteiger partial charge in [0.25, 0.3) is 0 Å². The molecule has 0 aliphatic carbocycles. The Morgan fingerprint density at radius 2 is 1.70 bits per heavy atom. The lowest BCUT2D eigenvalue weighted by Crippen LogP contribution is -2.17. The highest BCUT2D eigenvalue weighted by molar-refractivity contribution is 5.81. The fraction of sp³-hybridized carbons (Fsp3) is 0.0667. The van der Waals surface area contributed by atoms with Gasteiger partial charge in [-0.2, -0.15) is 0 Å². The molecule has 5 heteroatoms. The molecule has 3 rings (SSSR count). The van der Waals surface area contributed by atoms with Crippen molar-refractivity contribution in [3.05, 3.63) is 60.8 Å². The molecule has 1 heterocycles. The summed E-state index contributed by atoms with van der Waals surface area (Å²) < 4.78 is 42.5. The SMILES string of the molecule is FC(F)(F)Oc1cccc(-n2ccc3ccccc32)c1. The van der Waals surface area contributed by atoms with E-state index in [9.17, 15) is 13.2 Å². The lowest BCUT2D eigenvalue weighted by Gasteiger charge is -2.11. The fourth-order valence-electron chi connectivity index (χ4n) is 2.14. The van der Waals surface area contributed by atoms with E-state index in [0.29, 0.717) is 5.69 Å². The average Bonchev–Trinajstić information content (AvgIpc) is 2.81. The van der Waals surface area contributed by atoms with Gasteiger partial charge in [0.05, 0.1) is 5.52 Å². The first-order valence-corrected chi connectivity index (χ1v) is 5.95. The van der Waals surface area contributed by atoms with E-state index in [-0.39, 0.29) is 5.75 Å². The van der Waals surface area contributed by atoms with Crippen molar-refractivity contribution in [2.75, 3.05) is 0 Å². The lowest BCUT2D eigenvalue weighted by atomic mass is 10.2. The zero-order valence-electron chi connectivity index (χ0n) is 10.3. The van der Waals surface area contributed by atoms with Gasteiger partial charge in [-0.25, -0.2) is 0 Å². The summed E-state index contributed by atoms with van der Waals surface area (Å²) in [7, 11) is 0. The summed E-state index contributed by atoms with van der Waals surface area (Å²) >= 11 is 0. The van der Waals surface area contributed by atoms with E-state index < -0.39 is 6.36 Å². The number of para-hydroxylation sites is 1. The minimum absolute atomic E-state index is 0.229. The van der Waals surface area contributed by atoms with Gasteiger partial charge >= 0.3 is 6.36 Å². The maximum absolute atomic E-state index is 12.2. The smallest absolute Gasteiger partial charge is 0.406 e. The molecule has 1 aromatic heterocycles. The van der Waals surface area contributed by atoms with Crippen molar-refractivity contribution in [1.29, 1.82) is 0 Å². The summed E-state index contributed by atoms with van der Waals surface area (Å²) in [6, 6.07) is 15.5. The molecule has 2 aromatic carbocycles. The van der Waals surface area contributed by atoms with Gasteiger partial charge in [-0.1, -0.05) is 24.3 Å². The predicted octanol–water partition coefficient (Wildman–Crippen LogP) is 4.53. The first-order valence-electron chi connectivity index (χ1n) is 5.95. The average molecular weight is 277 g/mol. The van der Waals surface area contributed by atoms with Crippen LogP contribution in [-0.2, 0) is 0 Å². The third-order valence-electron chi connectivity index (χ3n) is 2.93. The van der Waals surface area contributed by atoms with Crippen molar-refractivity contribution in [3.63, 3.8) is 0 Å². The van der Waals surface area contributed by atoms with Gasteiger partial charge in [0.1, 0.15) is 5.75 Å². The highest BCUT2D eigenvalue weighted by atomic mass is 19.4. The zero-order valence-corrected chi connectivity index (χ0v) is 10.3. The lowest BCUT2D eigenvalue weighted by molar-refractivity contribution is -0.274.